The lowest BCUT2D eigenvalue weighted by Crippen LogP contribution is -2.29. The molecule has 0 bridgehead atoms. The van der Waals surface area contributed by atoms with Crippen molar-refractivity contribution < 1.29 is 23.9 Å². The van der Waals surface area contributed by atoms with E-state index >= 15 is 0 Å². The highest BCUT2D eigenvalue weighted by Gasteiger charge is 2.06. The van der Waals surface area contributed by atoms with Crippen LogP contribution in [0.2, 0.25) is 0 Å². The summed E-state index contributed by atoms with van der Waals surface area (Å²) in [7, 11) is 2.56. The summed E-state index contributed by atoms with van der Waals surface area (Å²) in [6.45, 7) is -0.0368. The highest BCUT2D eigenvalue weighted by atomic mass is 16.5. The predicted octanol–water partition coefficient (Wildman–Crippen LogP) is 0.645. The van der Waals surface area contributed by atoms with Gasteiger partial charge in [-0.3, -0.25) is 9.59 Å². The Morgan fingerprint density at radius 1 is 1.00 bits per heavy atom. The fourth-order valence-electron chi connectivity index (χ4n) is 1.02. The quantitative estimate of drug-likeness (QED) is 0.513. The highest BCUT2D eigenvalue weighted by Crippen LogP contribution is 2.01. The molecular weight excluding hydrogens is 214 g/mol. The van der Waals surface area contributed by atoms with Crippen molar-refractivity contribution in [3.05, 3.63) is 0 Å². The molecule has 6 heteroatoms. The third-order valence-electron chi connectivity index (χ3n) is 1.93. The average Bonchev–Trinajstić information content (AvgIpc) is 2.31. The van der Waals surface area contributed by atoms with Crippen molar-refractivity contribution in [1.82, 2.24) is 5.32 Å². The van der Waals surface area contributed by atoms with E-state index in [0.717, 1.165) is 0 Å². The van der Waals surface area contributed by atoms with Crippen LogP contribution in [-0.2, 0) is 19.1 Å². The minimum absolute atomic E-state index is 0.0368. The number of unbranched alkanes of at least 4 members (excludes halogenated alkanes) is 1. The van der Waals surface area contributed by atoms with E-state index in [9.17, 15) is 14.4 Å². The van der Waals surface area contributed by atoms with Gasteiger partial charge >= 0.3 is 12.1 Å². The monoisotopic (exact) mass is 231 g/mol. The number of ether oxygens (including phenoxy) is 2. The zero-order valence-electron chi connectivity index (χ0n) is 9.58. The topological polar surface area (TPSA) is 81.7 Å². The lowest BCUT2D eigenvalue weighted by molar-refractivity contribution is -0.140. The Hall–Kier alpha value is -1.59. The Morgan fingerprint density at radius 3 is 2.19 bits per heavy atom. The Labute approximate surface area is 94.3 Å². The number of Topliss-reactive ketones (excluding diaryl/α,β-unsaturated/α-hetero) is 1. The molecule has 0 aliphatic carbocycles. The molecule has 1 amide bonds. The van der Waals surface area contributed by atoms with E-state index in [1.54, 1.807) is 0 Å². The van der Waals surface area contributed by atoms with Crippen LogP contribution in [0.25, 0.3) is 0 Å². The first-order valence-corrected chi connectivity index (χ1v) is 5.00. The number of rotatable bonds is 7. The number of nitrogens with one attached hydrogen (secondary N) is 1. The van der Waals surface area contributed by atoms with Crippen LogP contribution in [0.4, 0.5) is 4.79 Å². The molecule has 0 rings (SSSR count). The molecule has 0 radical (unpaired) electrons. The van der Waals surface area contributed by atoms with Gasteiger partial charge in [0.1, 0.15) is 0 Å². The van der Waals surface area contributed by atoms with Crippen LogP contribution >= 0.6 is 0 Å². The first kappa shape index (κ1) is 14.4. The van der Waals surface area contributed by atoms with Gasteiger partial charge in [-0.25, -0.2) is 4.79 Å². The van der Waals surface area contributed by atoms with Gasteiger partial charge in [0.25, 0.3) is 0 Å². The van der Waals surface area contributed by atoms with Crippen LogP contribution in [-0.4, -0.2) is 38.6 Å². The molecule has 0 saturated carbocycles. The van der Waals surface area contributed by atoms with Gasteiger partial charge in [-0.2, -0.15) is 0 Å². The van der Waals surface area contributed by atoms with Crippen molar-refractivity contribution in [2.75, 3.05) is 20.8 Å². The second-order valence-electron chi connectivity index (χ2n) is 3.17. The molecule has 0 atom stereocenters. The number of carbonyl (C=O) groups excluding carboxylic acids is 3. The second-order valence-corrected chi connectivity index (χ2v) is 3.17. The molecule has 0 aliphatic heterocycles. The third-order valence-corrected chi connectivity index (χ3v) is 1.93. The lowest BCUT2D eigenvalue weighted by Gasteiger charge is -2.02. The Morgan fingerprint density at radius 2 is 1.62 bits per heavy atom. The van der Waals surface area contributed by atoms with Gasteiger partial charge in [-0.05, 0) is 12.8 Å². The van der Waals surface area contributed by atoms with E-state index < -0.39 is 6.09 Å². The summed E-state index contributed by atoms with van der Waals surface area (Å²) in [4.78, 5) is 32.5. The summed E-state index contributed by atoms with van der Waals surface area (Å²) >= 11 is 0. The van der Waals surface area contributed by atoms with Crippen molar-refractivity contribution in [3.8, 4) is 0 Å². The largest absolute Gasteiger partial charge is 0.469 e. The van der Waals surface area contributed by atoms with Crippen LogP contribution in [0, 0.1) is 0 Å². The summed E-state index contributed by atoms with van der Waals surface area (Å²) in [5.74, 6) is -0.365. The first-order valence-electron chi connectivity index (χ1n) is 5.00. The van der Waals surface area contributed by atoms with Gasteiger partial charge < -0.3 is 14.8 Å². The van der Waals surface area contributed by atoms with Crippen LogP contribution in [0.1, 0.15) is 25.7 Å². The Bertz CT molecular complexity index is 252. The normalized spacial score (nSPS) is 9.38. The molecule has 0 fully saturated rings. The van der Waals surface area contributed by atoms with Crippen LogP contribution < -0.4 is 5.32 Å². The maximum absolute atomic E-state index is 11.2. The molecule has 6 nitrogen and oxygen atoms in total. The lowest BCUT2D eigenvalue weighted by atomic mass is 10.1. The summed E-state index contributed by atoms with van der Waals surface area (Å²) in [6, 6.07) is 0. The molecule has 0 saturated heterocycles. The molecular formula is C10H17NO5. The fourth-order valence-corrected chi connectivity index (χ4v) is 1.02. The minimum Gasteiger partial charge on any atom is -0.469 e. The van der Waals surface area contributed by atoms with Crippen LogP contribution in [0.5, 0.6) is 0 Å². The molecule has 0 aromatic heterocycles. The number of carbonyl (C=O) groups is 3. The van der Waals surface area contributed by atoms with E-state index in [2.05, 4.69) is 14.8 Å². The molecule has 0 spiro atoms. The first-order chi connectivity index (χ1) is 7.60. The van der Waals surface area contributed by atoms with Gasteiger partial charge in [0, 0.05) is 12.8 Å². The zero-order chi connectivity index (χ0) is 12.4. The third kappa shape index (κ3) is 7.78. The zero-order valence-corrected chi connectivity index (χ0v) is 9.58. The fraction of sp³-hybridized carbons (Fsp3) is 0.700. The summed E-state index contributed by atoms with van der Waals surface area (Å²) in [5, 5.41) is 2.29. The van der Waals surface area contributed by atoms with E-state index in [1.807, 2.05) is 0 Å². The molecule has 92 valence electrons. The van der Waals surface area contributed by atoms with E-state index in [-0.39, 0.29) is 18.3 Å². The van der Waals surface area contributed by atoms with Gasteiger partial charge in [0.15, 0.2) is 5.78 Å². The van der Waals surface area contributed by atoms with Gasteiger partial charge in [-0.15, -0.1) is 0 Å². The molecule has 0 heterocycles. The summed E-state index contributed by atoms with van der Waals surface area (Å²) in [5.41, 5.74) is 0. The molecule has 0 aromatic carbocycles. The Kier molecular flexibility index (Phi) is 7.83. The standard InChI is InChI=1S/C10H17NO5/c1-15-9(13)6-4-3-5-8(12)7-11-10(14)16-2/h3-7H2,1-2H3,(H,11,14). The van der Waals surface area contributed by atoms with Gasteiger partial charge in [0.2, 0.25) is 0 Å². The molecule has 1 N–H and O–H groups in total. The maximum atomic E-state index is 11.2. The van der Waals surface area contributed by atoms with Crippen LogP contribution in [0.15, 0.2) is 0 Å². The predicted molar refractivity (Wildman–Crippen MR) is 55.9 cm³/mol. The number of hydrogen-bond acceptors (Lipinski definition) is 5. The van der Waals surface area contributed by atoms with E-state index in [4.69, 9.17) is 0 Å². The van der Waals surface area contributed by atoms with Crippen molar-refractivity contribution in [3.63, 3.8) is 0 Å². The minimum atomic E-state index is -0.622. The smallest absolute Gasteiger partial charge is 0.407 e. The SMILES string of the molecule is COC(=O)CCCCC(=O)CNC(=O)OC. The van der Waals surface area contributed by atoms with Crippen molar-refractivity contribution in [2.45, 2.75) is 25.7 Å². The number of amides is 1. The summed E-state index contributed by atoms with van der Waals surface area (Å²) in [6.07, 6.45) is 1.24. The molecule has 0 aromatic rings. The Balaban J connectivity index is 3.44. The van der Waals surface area contributed by atoms with Crippen molar-refractivity contribution >= 4 is 17.8 Å². The molecule has 0 unspecified atom stereocenters. The van der Waals surface area contributed by atoms with E-state index in [1.165, 1.54) is 14.2 Å². The summed E-state index contributed by atoms with van der Waals surface area (Å²) < 4.78 is 8.76. The second kappa shape index (κ2) is 8.70. The van der Waals surface area contributed by atoms with E-state index in [0.29, 0.717) is 25.7 Å². The van der Waals surface area contributed by atoms with Crippen LogP contribution in [0.3, 0.4) is 0 Å². The van der Waals surface area contributed by atoms with Gasteiger partial charge in [0.05, 0.1) is 20.8 Å². The van der Waals surface area contributed by atoms with Crippen molar-refractivity contribution in [2.24, 2.45) is 0 Å². The average molecular weight is 231 g/mol. The number of esters is 1. The number of ketones is 1. The number of hydrogen-bond donors (Lipinski definition) is 1. The number of methoxy groups -OCH3 is 2. The molecule has 16 heavy (non-hydrogen) atoms. The highest BCUT2D eigenvalue weighted by molar-refractivity contribution is 5.83. The number of alkyl carbamates (subject to hydrolysis) is 1. The van der Waals surface area contributed by atoms with Gasteiger partial charge in [-0.1, -0.05) is 0 Å². The maximum Gasteiger partial charge on any atom is 0.407 e. The molecule has 0 aliphatic rings. The van der Waals surface area contributed by atoms with Crippen molar-refractivity contribution in [1.29, 1.82) is 0 Å².